The molecule has 0 heterocycles. The molecule has 0 fully saturated rings. The fraction of sp³-hybridized carbons (Fsp3) is 0.125. The molecule has 0 bridgehead atoms. The van der Waals surface area contributed by atoms with Crippen LogP contribution in [0, 0.1) is 5.82 Å². The van der Waals surface area contributed by atoms with Crippen LogP contribution < -0.4 is 15.5 Å². The standard InChI is InChI=1S/C24H22FN3O3/c25-20-8-10-21(11-9-20)27-23(29)14-15-24(30)28-26-16-18-6-12-22(13-7-18)31-17-19-4-2-1-3-5-19/h1-13,16H,14-15,17H2,(H,27,29)(H,28,30)/b26-16+. The maximum atomic E-state index is 12.9. The van der Waals surface area contributed by atoms with E-state index < -0.39 is 0 Å². The van der Waals surface area contributed by atoms with Gasteiger partial charge in [-0.2, -0.15) is 5.10 Å². The molecule has 31 heavy (non-hydrogen) atoms. The van der Waals surface area contributed by atoms with Crippen LogP contribution in [-0.2, 0) is 16.2 Å². The van der Waals surface area contributed by atoms with Gasteiger partial charge in [0.05, 0.1) is 6.21 Å². The van der Waals surface area contributed by atoms with Gasteiger partial charge in [-0.05, 0) is 59.7 Å². The number of nitrogens with zero attached hydrogens (tertiary/aromatic N) is 1. The van der Waals surface area contributed by atoms with E-state index >= 15 is 0 Å². The largest absolute Gasteiger partial charge is 0.489 e. The highest BCUT2D eigenvalue weighted by Crippen LogP contribution is 2.13. The number of rotatable bonds is 9. The molecule has 0 aromatic heterocycles. The van der Waals surface area contributed by atoms with Gasteiger partial charge in [-0.1, -0.05) is 30.3 Å². The Balaban J connectivity index is 1.36. The molecular formula is C24H22FN3O3. The van der Waals surface area contributed by atoms with Crippen LogP contribution in [0.1, 0.15) is 24.0 Å². The van der Waals surface area contributed by atoms with E-state index in [0.29, 0.717) is 12.3 Å². The summed E-state index contributed by atoms with van der Waals surface area (Å²) in [5.41, 5.74) is 4.74. The lowest BCUT2D eigenvalue weighted by atomic mass is 10.2. The Morgan fingerprint density at radius 2 is 1.55 bits per heavy atom. The summed E-state index contributed by atoms with van der Waals surface area (Å²) in [6.07, 6.45) is 1.49. The van der Waals surface area contributed by atoms with E-state index in [-0.39, 0.29) is 30.5 Å². The highest BCUT2D eigenvalue weighted by Gasteiger charge is 2.07. The first-order chi connectivity index (χ1) is 15.1. The molecule has 0 unspecified atom stereocenters. The predicted octanol–water partition coefficient (Wildman–Crippen LogP) is 4.27. The molecule has 3 aromatic carbocycles. The lowest BCUT2D eigenvalue weighted by Gasteiger charge is -2.06. The highest BCUT2D eigenvalue weighted by molar-refractivity contribution is 5.93. The van der Waals surface area contributed by atoms with Crippen LogP contribution in [0.25, 0.3) is 0 Å². The van der Waals surface area contributed by atoms with Crippen LogP contribution >= 0.6 is 0 Å². The van der Waals surface area contributed by atoms with Crippen molar-refractivity contribution in [1.29, 1.82) is 0 Å². The number of benzene rings is 3. The number of hydrogen-bond acceptors (Lipinski definition) is 4. The molecule has 3 aromatic rings. The normalized spacial score (nSPS) is 10.6. The third-order valence-electron chi connectivity index (χ3n) is 4.24. The van der Waals surface area contributed by atoms with Crippen molar-refractivity contribution in [3.63, 3.8) is 0 Å². The smallest absolute Gasteiger partial charge is 0.240 e. The van der Waals surface area contributed by atoms with Gasteiger partial charge >= 0.3 is 0 Å². The van der Waals surface area contributed by atoms with Crippen LogP contribution in [0.15, 0.2) is 84.0 Å². The summed E-state index contributed by atoms with van der Waals surface area (Å²) in [5, 5.41) is 6.49. The highest BCUT2D eigenvalue weighted by atomic mass is 19.1. The lowest BCUT2D eigenvalue weighted by Crippen LogP contribution is -2.20. The molecule has 6 nitrogen and oxygen atoms in total. The Morgan fingerprint density at radius 1 is 0.871 bits per heavy atom. The van der Waals surface area contributed by atoms with Gasteiger partial charge < -0.3 is 10.1 Å². The van der Waals surface area contributed by atoms with Crippen LogP contribution in [0.3, 0.4) is 0 Å². The molecule has 0 saturated heterocycles. The lowest BCUT2D eigenvalue weighted by molar-refractivity contribution is -0.124. The molecule has 0 aliphatic carbocycles. The van der Waals surface area contributed by atoms with Crippen molar-refractivity contribution in [1.82, 2.24) is 5.43 Å². The average Bonchev–Trinajstić information content (AvgIpc) is 2.79. The Kier molecular flexibility index (Phi) is 7.88. The summed E-state index contributed by atoms with van der Waals surface area (Å²) in [6, 6.07) is 22.6. The van der Waals surface area contributed by atoms with Crippen molar-refractivity contribution in [3.05, 3.63) is 95.8 Å². The maximum absolute atomic E-state index is 12.9. The number of hydrazone groups is 1. The third-order valence-corrected chi connectivity index (χ3v) is 4.24. The van der Waals surface area contributed by atoms with Crippen molar-refractivity contribution in [2.24, 2.45) is 5.10 Å². The second-order valence-electron chi connectivity index (χ2n) is 6.69. The molecule has 0 spiro atoms. The minimum absolute atomic E-state index is 0.00776. The van der Waals surface area contributed by atoms with Gasteiger partial charge in [0.1, 0.15) is 18.2 Å². The first-order valence-electron chi connectivity index (χ1n) is 9.72. The Morgan fingerprint density at radius 3 is 2.26 bits per heavy atom. The fourth-order valence-electron chi connectivity index (χ4n) is 2.61. The summed E-state index contributed by atoms with van der Waals surface area (Å²) in [5.74, 6) is -0.369. The number of hydrogen-bond donors (Lipinski definition) is 2. The summed E-state index contributed by atoms with van der Waals surface area (Å²) in [6.45, 7) is 0.485. The molecule has 0 aliphatic heterocycles. The van der Waals surface area contributed by atoms with Gasteiger partial charge in [0.25, 0.3) is 0 Å². The van der Waals surface area contributed by atoms with Crippen molar-refractivity contribution < 1.29 is 18.7 Å². The Labute approximate surface area is 179 Å². The summed E-state index contributed by atoms with van der Waals surface area (Å²) in [4.78, 5) is 23.7. The molecule has 2 N–H and O–H groups in total. The molecule has 3 rings (SSSR count). The number of carbonyl (C=O) groups is 2. The molecule has 7 heteroatoms. The first kappa shape index (κ1) is 21.7. The van der Waals surface area contributed by atoms with Crippen LogP contribution in [-0.4, -0.2) is 18.0 Å². The topological polar surface area (TPSA) is 79.8 Å². The van der Waals surface area contributed by atoms with Gasteiger partial charge in [-0.25, -0.2) is 9.82 Å². The van der Waals surface area contributed by atoms with E-state index in [1.54, 1.807) is 0 Å². The quantitative estimate of drug-likeness (QED) is 0.401. The van der Waals surface area contributed by atoms with Crippen molar-refractivity contribution in [2.75, 3.05) is 5.32 Å². The molecule has 0 saturated carbocycles. The van der Waals surface area contributed by atoms with Crippen LogP contribution in [0.4, 0.5) is 10.1 Å². The number of nitrogens with one attached hydrogen (secondary N) is 2. The van der Waals surface area contributed by atoms with E-state index in [4.69, 9.17) is 4.74 Å². The maximum Gasteiger partial charge on any atom is 0.240 e. The summed E-state index contributed by atoms with van der Waals surface area (Å²) >= 11 is 0. The zero-order valence-corrected chi connectivity index (χ0v) is 16.8. The zero-order valence-electron chi connectivity index (χ0n) is 16.8. The van der Waals surface area contributed by atoms with E-state index in [1.165, 1.54) is 30.5 Å². The molecule has 0 atom stereocenters. The third kappa shape index (κ3) is 7.74. The Hall–Kier alpha value is -4.00. The molecule has 2 amide bonds. The number of carbonyl (C=O) groups excluding carboxylic acids is 2. The molecule has 0 radical (unpaired) electrons. The minimum atomic E-state index is -0.385. The van der Waals surface area contributed by atoms with Gasteiger partial charge in [-0.3, -0.25) is 9.59 Å². The van der Waals surface area contributed by atoms with E-state index in [2.05, 4.69) is 15.8 Å². The monoisotopic (exact) mass is 419 g/mol. The van der Waals surface area contributed by atoms with Gasteiger partial charge in [0, 0.05) is 18.5 Å². The second-order valence-corrected chi connectivity index (χ2v) is 6.69. The molecular weight excluding hydrogens is 397 g/mol. The molecule has 158 valence electrons. The van der Waals surface area contributed by atoms with Gasteiger partial charge in [-0.15, -0.1) is 0 Å². The van der Waals surface area contributed by atoms with Crippen LogP contribution in [0.5, 0.6) is 5.75 Å². The second kappa shape index (κ2) is 11.3. The molecule has 0 aliphatic rings. The van der Waals surface area contributed by atoms with E-state index in [0.717, 1.165) is 16.9 Å². The SMILES string of the molecule is O=C(CCC(=O)Nc1ccc(F)cc1)N/N=C/c1ccc(OCc2ccccc2)cc1. The number of anilines is 1. The predicted molar refractivity (Wildman–Crippen MR) is 117 cm³/mol. The summed E-state index contributed by atoms with van der Waals surface area (Å²) < 4.78 is 18.6. The Bertz CT molecular complexity index is 1020. The number of amides is 2. The van der Waals surface area contributed by atoms with Crippen molar-refractivity contribution in [3.8, 4) is 5.75 Å². The van der Waals surface area contributed by atoms with Crippen LogP contribution in [0.2, 0.25) is 0 Å². The van der Waals surface area contributed by atoms with E-state index in [9.17, 15) is 14.0 Å². The van der Waals surface area contributed by atoms with Gasteiger partial charge in [0.2, 0.25) is 11.8 Å². The first-order valence-corrected chi connectivity index (χ1v) is 9.72. The number of ether oxygens (including phenoxy) is 1. The van der Waals surface area contributed by atoms with Gasteiger partial charge in [0.15, 0.2) is 0 Å². The summed E-state index contributed by atoms with van der Waals surface area (Å²) in [7, 11) is 0. The fourth-order valence-corrected chi connectivity index (χ4v) is 2.61. The average molecular weight is 419 g/mol. The van der Waals surface area contributed by atoms with E-state index in [1.807, 2.05) is 54.6 Å². The van der Waals surface area contributed by atoms with Crippen molar-refractivity contribution >= 4 is 23.7 Å². The zero-order chi connectivity index (χ0) is 21.9. The minimum Gasteiger partial charge on any atom is -0.489 e. The van der Waals surface area contributed by atoms with Crippen molar-refractivity contribution in [2.45, 2.75) is 19.4 Å². The number of halogens is 1.